The molecule has 5 heteroatoms. The number of aryl methyl sites for hydroxylation is 2. The minimum Gasteiger partial charge on any atom is -0.501 e. The topological polar surface area (TPSA) is 43.9 Å². The van der Waals surface area contributed by atoms with Crippen molar-refractivity contribution in [3.63, 3.8) is 0 Å². The van der Waals surface area contributed by atoms with Crippen LogP contribution in [0.1, 0.15) is 96.3 Å². The Hall–Kier alpha value is -6.65. The third-order valence-corrected chi connectivity index (χ3v) is 12.7. The van der Waals surface area contributed by atoms with Gasteiger partial charge in [-0.1, -0.05) is 158 Å². The van der Waals surface area contributed by atoms with Crippen LogP contribution in [-0.4, -0.2) is 14.5 Å². The van der Waals surface area contributed by atoms with Crippen LogP contribution in [-0.2, 0) is 25.5 Å². The van der Waals surface area contributed by atoms with Crippen molar-refractivity contribution in [2.45, 2.75) is 79.4 Å². The summed E-state index contributed by atoms with van der Waals surface area (Å²) in [6, 6.07) is 56.9. The number of pyridine rings is 1. The maximum atomic E-state index is 8.57. The Morgan fingerprint density at radius 3 is 2.10 bits per heavy atom. The van der Waals surface area contributed by atoms with E-state index in [0.29, 0.717) is 33.5 Å². The number of nitrogens with zero attached hydrogens (tertiary/aromatic N) is 3. The third-order valence-electron chi connectivity index (χ3n) is 12.7. The van der Waals surface area contributed by atoms with E-state index >= 15 is 0 Å². The van der Waals surface area contributed by atoms with Crippen LogP contribution >= 0.6 is 0 Å². The van der Waals surface area contributed by atoms with Crippen molar-refractivity contribution in [1.82, 2.24) is 14.5 Å². The van der Waals surface area contributed by atoms with Gasteiger partial charge in [-0.25, -0.2) is 0 Å². The Morgan fingerprint density at radius 2 is 1.39 bits per heavy atom. The summed E-state index contributed by atoms with van der Waals surface area (Å²) in [6.07, 6.45) is 1.78. The molecule has 1 radical (unpaired) electrons. The van der Waals surface area contributed by atoms with Gasteiger partial charge in [0.15, 0.2) is 0 Å². The van der Waals surface area contributed by atoms with Gasteiger partial charge in [-0.05, 0) is 115 Å². The third kappa shape index (κ3) is 8.52. The van der Waals surface area contributed by atoms with Crippen molar-refractivity contribution in [3.8, 4) is 39.5 Å². The summed E-state index contributed by atoms with van der Waals surface area (Å²) in [4.78, 5) is 9.62. The molecule has 0 amide bonds. The first-order valence-electron chi connectivity index (χ1n) is 25.7. The molecule has 0 saturated carbocycles. The Labute approximate surface area is 416 Å². The summed E-state index contributed by atoms with van der Waals surface area (Å²) in [5, 5.41) is 5.67. The maximum absolute atomic E-state index is 8.57. The molecule has 0 N–H and O–H groups in total. The second kappa shape index (κ2) is 18.2. The van der Waals surface area contributed by atoms with Crippen LogP contribution in [0.25, 0.3) is 94.0 Å². The molecule has 0 atom stereocenters. The molecule has 4 nitrogen and oxygen atoms in total. The Morgan fingerprint density at radius 1 is 0.657 bits per heavy atom. The summed E-state index contributed by atoms with van der Waals surface area (Å²) < 4.78 is 56.9. The number of aromatic nitrogens is 3. The number of hydrogen-bond donors (Lipinski definition) is 0. The fraction of sp³-hybridized carbons (Fsp3) is 0.194. The van der Waals surface area contributed by atoms with Gasteiger partial charge in [0, 0.05) is 45.6 Å². The molecule has 0 aliphatic rings. The van der Waals surface area contributed by atoms with Crippen LogP contribution in [0.15, 0.2) is 162 Å². The average molecular weight is 1060 g/mol. The maximum Gasteiger partial charge on any atom is 0.121 e. The first-order valence-corrected chi connectivity index (χ1v) is 22.7. The van der Waals surface area contributed by atoms with Crippen LogP contribution in [0.2, 0.25) is 0 Å². The van der Waals surface area contributed by atoms with E-state index in [1.807, 2.05) is 48.5 Å². The van der Waals surface area contributed by atoms with Crippen LogP contribution < -0.4 is 0 Å². The molecule has 0 spiro atoms. The largest absolute Gasteiger partial charge is 0.501 e. The van der Waals surface area contributed by atoms with Crippen molar-refractivity contribution >= 4 is 54.5 Å². The zero-order valence-corrected chi connectivity index (χ0v) is 41.1. The fourth-order valence-electron chi connectivity index (χ4n) is 9.15. The number of fused-ring (bicyclic) bond motifs is 7. The van der Waals surface area contributed by atoms with Gasteiger partial charge in [-0.15, -0.1) is 53.1 Å². The predicted octanol–water partition coefficient (Wildman–Crippen LogP) is 17.1. The molecule has 0 bridgehead atoms. The summed E-state index contributed by atoms with van der Waals surface area (Å²) in [5.41, 5.74) is 12.7. The molecule has 0 fully saturated rings. The minimum absolute atomic E-state index is 0. The van der Waals surface area contributed by atoms with Crippen LogP contribution in [0.5, 0.6) is 0 Å². The number of para-hydroxylation sites is 2. The first kappa shape index (κ1) is 38.5. The van der Waals surface area contributed by atoms with Gasteiger partial charge in [0.05, 0.1) is 22.4 Å². The second-order valence-electron chi connectivity index (χ2n) is 18.8. The molecular formula is C62H55IrN3O-2. The molecule has 11 rings (SSSR count). The van der Waals surface area contributed by atoms with E-state index in [1.165, 1.54) is 33.9 Å². The van der Waals surface area contributed by atoms with Gasteiger partial charge in [0.2, 0.25) is 0 Å². The van der Waals surface area contributed by atoms with Gasteiger partial charge in [-0.2, -0.15) is 0 Å². The number of hydrogen-bond acceptors (Lipinski definition) is 3. The van der Waals surface area contributed by atoms with Crippen LogP contribution in [0.4, 0.5) is 0 Å². The number of furan rings is 1. The molecule has 0 aliphatic heterocycles. The zero-order valence-electron chi connectivity index (χ0n) is 44.7. The number of benzene rings is 8. The molecule has 67 heavy (non-hydrogen) atoms. The molecule has 3 aromatic heterocycles. The van der Waals surface area contributed by atoms with E-state index < -0.39 is 13.7 Å². The molecule has 335 valence electrons. The van der Waals surface area contributed by atoms with E-state index in [9.17, 15) is 0 Å². The van der Waals surface area contributed by atoms with Gasteiger partial charge >= 0.3 is 0 Å². The minimum atomic E-state index is -2.38. The molecule has 11 aromatic rings. The van der Waals surface area contributed by atoms with E-state index in [1.54, 1.807) is 24.4 Å². The number of imidazole rings is 1. The standard InChI is InChI=1S/C46H37N2O.C16H18N.Ir/c1-27(2)36-24-33(30-13-7-6-8-14-30)25-37(28(3)4)44(36)48-41-18-12-11-17-40(41)47-46(48)35-22-19-29(5)43-39-23-32-21-20-31-15-9-10-16-34(31)38(32)26-42(39)49-45(35)43;1-12-5-7-13(8-6-12)15-11-14(9-10-17-15)16(2,3)4;/h6-21,23-28H,1-5H3;5-7,9-11H,1-4H3;/q2*-1;/i5D3;1D3;. The van der Waals surface area contributed by atoms with Gasteiger partial charge in [0.25, 0.3) is 0 Å². The number of rotatable bonds is 6. The molecule has 0 saturated heterocycles. The van der Waals surface area contributed by atoms with Crippen LogP contribution in [0.3, 0.4) is 0 Å². The quantitative estimate of drug-likeness (QED) is 0.123. The molecule has 3 heterocycles. The Balaban J connectivity index is 0.000000264. The monoisotopic (exact) mass is 1060 g/mol. The zero-order chi connectivity index (χ0) is 50.9. The van der Waals surface area contributed by atoms with Crippen molar-refractivity contribution in [3.05, 3.63) is 198 Å². The summed E-state index contributed by atoms with van der Waals surface area (Å²) in [5.74, 6) is 1.05. The van der Waals surface area contributed by atoms with E-state index in [-0.39, 0.29) is 42.9 Å². The van der Waals surface area contributed by atoms with Gasteiger partial charge in [0.1, 0.15) is 5.58 Å². The van der Waals surface area contributed by atoms with Gasteiger partial charge < -0.3 is 14.0 Å². The first-order chi connectivity index (χ1) is 34.3. The second-order valence-corrected chi connectivity index (χ2v) is 18.8. The fourth-order valence-corrected chi connectivity index (χ4v) is 9.15. The average Bonchev–Trinajstić information content (AvgIpc) is 3.93. The smallest absolute Gasteiger partial charge is 0.121 e. The van der Waals surface area contributed by atoms with Crippen molar-refractivity contribution in [1.29, 1.82) is 0 Å². The SMILES string of the molecule is [2H]C([2H])([2H])c1c[c-]c(-c2cc(C(C)(C)C)ccn2)cc1.[2H]C([2H])([2H])c1c[c-]c(-c2nc3ccccc3n2-c2c(C(C)C)cc(-c3ccccc3)cc2C(C)C)c2oc3cc4c(ccc5ccccc54)cc3c12.[Ir]. The molecule has 0 unspecified atom stereocenters. The molecular weight excluding hydrogens is 995 g/mol. The van der Waals surface area contributed by atoms with Gasteiger partial charge in [-0.3, -0.25) is 4.98 Å². The van der Waals surface area contributed by atoms with E-state index in [2.05, 4.69) is 149 Å². The molecule has 0 aliphatic carbocycles. The van der Waals surface area contributed by atoms with E-state index in [4.69, 9.17) is 17.6 Å². The van der Waals surface area contributed by atoms with Crippen molar-refractivity contribution in [2.75, 3.05) is 0 Å². The van der Waals surface area contributed by atoms with Crippen LogP contribution in [0, 0.1) is 25.8 Å². The summed E-state index contributed by atoms with van der Waals surface area (Å²) in [6.45, 7) is 10.9. The Bertz CT molecular complexity index is 3800. The van der Waals surface area contributed by atoms with Crippen molar-refractivity contribution < 1.29 is 32.7 Å². The normalized spacial score (nSPS) is 13.5. The Kier molecular flexibility index (Phi) is 10.4. The molecule has 8 aromatic carbocycles. The predicted molar refractivity (Wildman–Crippen MR) is 278 cm³/mol. The van der Waals surface area contributed by atoms with Crippen molar-refractivity contribution in [2.24, 2.45) is 0 Å². The summed E-state index contributed by atoms with van der Waals surface area (Å²) in [7, 11) is 0. The summed E-state index contributed by atoms with van der Waals surface area (Å²) >= 11 is 0. The van der Waals surface area contributed by atoms with E-state index in [0.717, 1.165) is 54.9 Å².